The average molecular weight is 234 g/mol. The van der Waals surface area contributed by atoms with Crippen molar-refractivity contribution in [1.82, 2.24) is 10.6 Å². The summed E-state index contributed by atoms with van der Waals surface area (Å²) in [6, 6.07) is 9.89. The molecule has 1 aromatic rings. The Labute approximate surface area is 106 Å². The Balaban J connectivity index is 2.16. The molecule has 0 aliphatic rings. The second-order valence-corrected chi connectivity index (χ2v) is 5.15. The molecule has 17 heavy (non-hydrogen) atoms. The van der Waals surface area contributed by atoms with Gasteiger partial charge < -0.3 is 10.6 Å². The molecule has 96 valence electrons. The second-order valence-electron chi connectivity index (χ2n) is 5.15. The van der Waals surface area contributed by atoms with Gasteiger partial charge in [-0.05, 0) is 32.4 Å². The van der Waals surface area contributed by atoms with Crippen LogP contribution in [-0.2, 0) is 6.42 Å². The van der Waals surface area contributed by atoms with Gasteiger partial charge in [0.05, 0.1) is 0 Å². The van der Waals surface area contributed by atoms with Crippen LogP contribution < -0.4 is 10.6 Å². The minimum Gasteiger partial charge on any atom is -0.313 e. The lowest BCUT2D eigenvalue weighted by molar-refractivity contribution is 0.476. The quantitative estimate of drug-likeness (QED) is 0.757. The first-order chi connectivity index (χ1) is 8.08. The molecule has 2 heteroatoms. The lowest BCUT2D eigenvalue weighted by Gasteiger charge is -2.16. The Kier molecular flexibility index (Phi) is 6.23. The van der Waals surface area contributed by atoms with Gasteiger partial charge in [-0.1, -0.05) is 43.7 Å². The third-order valence-corrected chi connectivity index (χ3v) is 2.86. The van der Waals surface area contributed by atoms with E-state index in [2.05, 4.69) is 62.6 Å². The lowest BCUT2D eigenvalue weighted by atomic mass is 10.1. The first-order valence-electron chi connectivity index (χ1n) is 6.60. The van der Waals surface area contributed by atoms with Crippen LogP contribution in [0.3, 0.4) is 0 Å². The first-order valence-corrected chi connectivity index (χ1v) is 6.60. The molecule has 2 nitrogen and oxygen atoms in total. The Morgan fingerprint density at radius 3 is 2.24 bits per heavy atom. The summed E-state index contributed by atoms with van der Waals surface area (Å²) in [4.78, 5) is 0. The number of rotatable bonds is 7. The van der Waals surface area contributed by atoms with Crippen molar-refractivity contribution in [3.8, 4) is 0 Å². The molecular weight excluding hydrogens is 208 g/mol. The summed E-state index contributed by atoms with van der Waals surface area (Å²) in [7, 11) is 0. The second kappa shape index (κ2) is 7.46. The van der Waals surface area contributed by atoms with E-state index < -0.39 is 0 Å². The lowest BCUT2D eigenvalue weighted by Crippen LogP contribution is -2.39. The molecule has 0 radical (unpaired) electrons. The fourth-order valence-corrected chi connectivity index (χ4v) is 1.70. The molecule has 1 atom stereocenters. The monoisotopic (exact) mass is 234 g/mol. The van der Waals surface area contributed by atoms with Crippen LogP contribution in [0.1, 0.15) is 31.9 Å². The van der Waals surface area contributed by atoms with Crippen LogP contribution in [0.25, 0.3) is 0 Å². The van der Waals surface area contributed by atoms with Crippen molar-refractivity contribution >= 4 is 0 Å². The number of nitrogens with one attached hydrogen (secondary N) is 2. The summed E-state index contributed by atoms with van der Waals surface area (Å²) in [5.41, 5.74) is 2.74. The molecule has 1 unspecified atom stereocenters. The molecule has 0 saturated carbocycles. The van der Waals surface area contributed by atoms with Crippen molar-refractivity contribution in [2.24, 2.45) is 0 Å². The maximum atomic E-state index is 3.54. The Morgan fingerprint density at radius 2 is 1.65 bits per heavy atom. The van der Waals surface area contributed by atoms with Gasteiger partial charge in [0.2, 0.25) is 0 Å². The molecule has 0 heterocycles. The van der Waals surface area contributed by atoms with Gasteiger partial charge in [0.15, 0.2) is 0 Å². The van der Waals surface area contributed by atoms with E-state index in [9.17, 15) is 0 Å². The molecule has 0 aromatic heterocycles. The van der Waals surface area contributed by atoms with Gasteiger partial charge in [-0.2, -0.15) is 0 Å². The molecule has 1 rings (SSSR count). The van der Waals surface area contributed by atoms with Crippen LogP contribution in [0.2, 0.25) is 0 Å². The summed E-state index contributed by atoms with van der Waals surface area (Å²) < 4.78 is 0. The third kappa shape index (κ3) is 6.44. The number of benzene rings is 1. The van der Waals surface area contributed by atoms with E-state index >= 15 is 0 Å². The molecular formula is C15H26N2. The number of aryl methyl sites for hydroxylation is 1. The van der Waals surface area contributed by atoms with Crippen LogP contribution in [0.15, 0.2) is 24.3 Å². The van der Waals surface area contributed by atoms with Crippen molar-refractivity contribution in [1.29, 1.82) is 0 Å². The van der Waals surface area contributed by atoms with E-state index in [1.165, 1.54) is 11.1 Å². The van der Waals surface area contributed by atoms with Crippen molar-refractivity contribution in [3.05, 3.63) is 35.4 Å². The zero-order valence-corrected chi connectivity index (χ0v) is 11.6. The van der Waals surface area contributed by atoms with Crippen LogP contribution in [0.5, 0.6) is 0 Å². The van der Waals surface area contributed by atoms with Gasteiger partial charge in [0, 0.05) is 18.6 Å². The highest BCUT2D eigenvalue weighted by Gasteiger charge is 2.01. The molecule has 0 saturated heterocycles. The van der Waals surface area contributed by atoms with E-state index in [4.69, 9.17) is 0 Å². The standard InChI is InChI=1S/C15H26N2/c1-12(2)17-11-14(4)16-10-9-15-7-5-13(3)6-8-15/h5-8,12,14,16-17H,9-11H2,1-4H3. The third-order valence-electron chi connectivity index (χ3n) is 2.86. The predicted molar refractivity (Wildman–Crippen MR) is 75.5 cm³/mol. The summed E-state index contributed by atoms with van der Waals surface area (Å²) in [6.07, 6.45) is 1.10. The van der Waals surface area contributed by atoms with Gasteiger partial charge in [-0.3, -0.25) is 0 Å². The van der Waals surface area contributed by atoms with Gasteiger partial charge in [0.25, 0.3) is 0 Å². The highest BCUT2D eigenvalue weighted by molar-refractivity contribution is 5.21. The maximum Gasteiger partial charge on any atom is 0.0164 e. The highest BCUT2D eigenvalue weighted by atomic mass is 15.0. The van der Waals surface area contributed by atoms with E-state index in [0.29, 0.717) is 12.1 Å². The van der Waals surface area contributed by atoms with Gasteiger partial charge >= 0.3 is 0 Å². The summed E-state index contributed by atoms with van der Waals surface area (Å²) >= 11 is 0. The van der Waals surface area contributed by atoms with E-state index in [-0.39, 0.29) is 0 Å². The topological polar surface area (TPSA) is 24.1 Å². The number of hydrogen-bond acceptors (Lipinski definition) is 2. The summed E-state index contributed by atoms with van der Waals surface area (Å²) in [5.74, 6) is 0. The largest absolute Gasteiger partial charge is 0.313 e. The first kappa shape index (κ1) is 14.2. The fraction of sp³-hybridized carbons (Fsp3) is 0.600. The Bertz CT molecular complexity index is 303. The Hall–Kier alpha value is -0.860. The normalized spacial score (nSPS) is 13.0. The Morgan fingerprint density at radius 1 is 1.00 bits per heavy atom. The van der Waals surface area contributed by atoms with Gasteiger partial charge in [-0.25, -0.2) is 0 Å². The van der Waals surface area contributed by atoms with Crippen molar-refractivity contribution in [2.75, 3.05) is 13.1 Å². The number of hydrogen-bond donors (Lipinski definition) is 2. The van der Waals surface area contributed by atoms with Gasteiger partial charge in [0.1, 0.15) is 0 Å². The van der Waals surface area contributed by atoms with E-state index in [0.717, 1.165) is 19.5 Å². The smallest absolute Gasteiger partial charge is 0.0164 e. The predicted octanol–water partition coefficient (Wildman–Crippen LogP) is 2.51. The van der Waals surface area contributed by atoms with Crippen molar-refractivity contribution in [3.63, 3.8) is 0 Å². The summed E-state index contributed by atoms with van der Waals surface area (Å²) in [6.45, 7) is 10.8. The molecule has 0 aliphatic heterocycles. The minimum absolute atomic E-state index is 0.530. The van der Waals surface area contributed by atoms with Gasteiger partial charge in [-0.15, -0.1) is 0 Å². The molecule has 0 aliphatic carbocycles. The zero-order valence-electron chi connectivity index (χ0n) is 11.6. The van der Waals surface area contributed by atoms with Crippen LogP contribution in [0.4, 0.5) is 0 Å². The SMILES string of the molecule is Cc1ccc(CCNC(C)CNC(C)C)cc1. The zero-order chi connectivity index (χ0) is 12.7. The van der Waals surface area contributed by atoms with Crippen LogP contribution in [-0.4, -0.2) is 25.2 Å². The van der Waals surface area contributed by atoms with Crippen molar-refractivity contribution in [2.45, 2.75) is 46.2 Å². The van der Waals surface area contributed by atoms with Crippen molar-refractivity contribution < 1.29 is 0 Å². The average Bonchev–Trinajstić information content (AvgIpc) is 2.29. The molecule has 0 amide bonds. The van der Waals surface area contributed by atoms with Crippen LogP contribution >= 0.6 is 0 Å². The highest BCUT2D eigenvalue weighted by Crippen LogP contribution is 2.03. The molecule has 0 fully saturated rings. The van der Waals surface area contributed by atoms with E-state index in [1.807, 2.05) is 0 Å². The van der Waals surface area contributed by atoms with E-state index in [1.54, 1.807) is 0 Å². The molecule has 0 bridgehead atoms. The maximum absolute atomic E-state index is 3.54. The fourth-order valence-electron chi connectivity index (χ4n) is 1.70. The minimum atomic E-state index is 0.530. The summed E-state index contributed by atoms with van der Waals surface area (Å²) in [5, 5.41) is 6.98. The molecule has 0 spiro atoms. The molecule has 1 aromatic carbocycles. The molecule has 2 N–H and O–H groups in total. The van der Waals surface area contributed by atoms with Crippen LogP contribution in [0, 0.1) is 6.92 Å².